The van der Waals surface area contributed by atoms with Crippen LogP contribution in [0.2, 0.25) is 0 Å². The van der Waals surface area contributed by atoms with Crippen LogP contribution < -0.4 is 10.0 Å². The van der Waals surface area contributed by atoms with Crippen molar-refractivity contribution < 1.29 is 22.4 Å². The highest BCUT2D eigenvalue weighted by Gasteiger charge is 2.56. The van der Waals surface area contributed by atoms with Crippen molar-refractivity contribution in [3.63, 3.8) is 0 Å². The quantitative estimate of drug-likeness (QED) is 0.689. The SMILES string of the molecule is CC(C)(NS(=O)(=O)c1ccccc1F)C(=O)NC1C2CC3CC1CC(C=O)(C3)C2. The molecular weight excluding hydrogens is 395 g/mol. The second-order valence-electron chi connectivity index (χ2n) is 9.61. The Morgan fingerprint density at radius 3 is 2.38 bits per heavy atom. The Labute approximate surface area is 170 Å². The first-order valence-corrected chi connectivity index (χ1v) is 11.6. The molecule has 0 heterocycles. The van der Waals surface area contributed by atoms with E-state index in [0.29, 0.717) is 5.92 Å². The minimum Gasteiger partial charge on any atom is -0.351 e. The molecule has 1 aromatic carbocycles. The minimum absolute atomic E-state index is 0.0515. The number of halogens is 1. The van der Waals surface area contributed by atoms with Gasteiger partial charge in [-0.25, -0.2) is 12.8 Å². The average Bonchev–Trinajstić information content (AvgIpc) is 2.63. The predicted molar refractivity (Wildman–Crippen MR) is 105 cm³/mol. The molecule has 2 atom stereocenters. The largest absolute Gasteiger partial charge is 0.351 e. The lowest BCUT2D eigenvalue weighted by molar-refractivity contribution is -0.139. The smallest absolute Gasteiger partial charge is 0.244 e. The van der Waals surface area contributed by atoms with Crippen LogP contribution in [0.3, 0.4) is 0 Å². The lowest BCUT2D eigenvalue weighted by Gasteiger charge is -2.58. The predicted octanol–water partition coefficient (Wildman–Crippen LogP) is 2.39. The van der Waals surface area contributed by atoms with Crippen LogP contribution in [0.1, 0.15) is 46.0 Å². The van der Waals surface area contributed by atoms with E-state index < -0.39 is 32.2 Å². The zero-order valence-corrected chi connectivity index (χ0v) is 17.5. The number of hydrogen-bond donors (Lipinski definition) is 2. The lowest BCUT2D eigenvalue weighted by Crippen LogP contribution is -2.63. The fourth-order valence-electron chi connectivity index (χ4n) is 5.90. The van der Waals surface area contributed by atoms with Crippen molar-refractivity contribution in [2.75, 3.05) is 0 Å². The van der Waals surface area contributed by atoms with Crippen LogP contribution in [-0.2, 0) is 19.6 Å². The monoisotopic (exact) mass is 422 g/mol. The maximum Gasteiger partial charge on any atom is 0.244 e. The van der Waals surface area contributed by atoms with Gasteiger partial charge in [0.1, 0.15) is 22.5 Å². The van der Waals surface area contributed by atoms with E-state index >= 15 is 0 Å². The Balaban J connectivity index is 1.48. The zero-order valence-electron chi connectivity index (χ0n) is 16.7. The Bertz CT molecular complexity index is 930. The third-order valence-electron chi connectivity index (χ3n) is 6.95. The molecule has 1 amide bonds. The molecule has 4 fully saturated rings. The van der Waals surface area contributed by atoms with Crippen molar-refractivity contribution >= 4 is 22.2 Å². The molecule has 4 aliphatic rings. The summed E-state index contributed by atoms with van der Waals surface area (Å²) in [5, 5.41) is 3.06. The molecule has 4 bridgehead atoms. The van der Waals surface area contributed by atoms with Gasteiger partial charge in [-0.2, -0.15) is 4.72 Å². The molecule has 0 aromatic heterocycles. The summed E-state index contributed by atoms with van der Waals surface area (Å²) in [7, 11) is -4.20. The van der Waals surface area contributed by atoms with Gasteiger partial charge in [-0.15, -0.1) is 0 Å². The lowest BCUT2D eigenvalue weighted by atomic mass is 9.48. The van der Waals surface area contributed by atoms with Gasteiger partial charge in [-0.3, -0.25) is 4.79 Å². The number of aldehydes is 1. The summed E-state index contributed by atoms with van der Waals surface area (Å²) in [5.41, 5.74) is -1.68. The topological polar surface area (TPSA) is 92.3 Å². The van der Waals surface area contributed by atoms with Crippen LogP contribution in [0.5, 0.6) is 0 Å². The van der Waals surface area contributed by atoms with Gasteiger partial charge in [0.25, 0.3) is 0 Å². The van der Waals surface area contributed by atoms with E-state index in [1.54, 1.807) is 0 Å². The van der Waals surface area contributed by atoms with Crippen molar-refractivity contribution in [2.24, 2.45) is 23.2 Å². The number of nitrogens with one attached hydrogen (secondary N) is 2. The van der Waals surface area contributed by atoms with Gasteiger partial charge in [-0.1, -0.05) is 12.1 Å². The summed E-state index contributed by atoms with van der Waals surface area (Å²) < 4.78 is 41.5. The standard InChI is InChI=1S/C21H27FN2O4S/c1-20(2,24-29(27,28)17-6-4-3-5-16(17)22)19(26)23-18-14-7-13-8-15(18)11-21(9-13,10-14)12-25/h3-6,12-15,18,24H,7-11H2,1-2H3,(H,23,26). The first kappa shape index (κ1) is 20.5. The van der Waals surface area contributed by atoms with Crippen molar-refractivity contribution in [2.45, 2.75) is 62.4 Å². The maximum absolute atomic E-state index is 14.0. The number of carbonyl (C=O) groups is 2. The summed E-state index contributed by atoms with van der Waals surface area (Å²) in [4.78, 5) is 24.2. The molecule has 0 saturated heterocycles. The molecule has 8 heteroatoms. The molecule has 5 rings (SSSR count). The Hall–Kier alpha value is -1.80. The van der Waals surface area contributed by atoms with Gasteiger partial charge in [-0.05, 0) is 75.8 Å². The molecule has 4 saturated carbocycles. The summed E-state index contributed by atoms with van der Waals surface area (Å²) in [6.45, 7) is 2.95. The van der Waals surface area contributed by atoms with Gasteiger partial charge in [0.05, 0.1) is 0 Å². The molecule has 6 nitrogen and oxygen atoms in total. The summed E-state index contributed by atoms with van der Waals surface area (Å²) in [6, 6.07) is 5.03. The molecule has 158 valence electrons. The summed E-state index contributed by atoms with van der Waals surface area (Å²) in [5.74, 6) is -0.270. The van der Waals surface area contributed by atoms with E-state index in [1.807, 2.05) is 0 Å². The maximum atomic E-state index is 14.0. The minimum atomic E-state index is -4.20. The molecule has 1 aromatic rings. The second-order valence-corrected chi connectivity index (χ2v) is 11.3. The van der Waals surface area contributed by atoms with Crippen LogP contribution in [-0.4, -0.2) is 32.2 Å². The zero-order chi connectivity index (χ0) is 21.0. The first-order chi connectivity index (χ1) is 13.6. The van der Waals surface area contributed by atoms with Gasteiger partial charge < -0.3 is 10.1 Å². The van der Waals surface area contributed by atoms with Gasteiger partial charge in [0, 0.05) is 11.5 Å². The van der Waals surface area contributed by atoms with E-state index in [9.17, 15) is 22.4 Å². The van der Waals surface area contributed by atoms with Crippen LogP contribution in [0.15, 0.2) is 29.2 Å². The van der Waals surface area contributed by atoms with E-state index in [4.69, 9.17) is 0 Å². The fourth-order valence-corrected chi connectivity index (χ4v) is 7.36. The number of sulfonamides is 1. The number of hydrogen-bond acceptors (Lipinski definition) is 4. The molecule has 2 N–H and O–H groups in total. The summed E-state index contributed by atoms with van der Waals surface area (Å²) in [6.07, 6.45) is 5.64. The Morgan fingerprint density at radius 1 is 1.17 bits per heavy atom. The molecule has 0 aliphatic heterocycles. The van der Waals surface area contributed by atoms with Gasteiger partial charge in [0.2, 0.25) is 15.9 Å². The molecular formula is C21H27FN2O4S. The van der Waals surface area contributed by atoms with E-state index in [0.717, 1.165) is 44.5 Å². The van der Waals surface area contributed by atoms with Crippen molar-refractivity contribution in [3.05, 3.63) is 30.1 Å². The third kappa shape index (κ3) is 3.61. The molecule has 4 aliphatic carbocycles. The Morgan fingerprint density at radius 2 is 1.79 bits per heavy atom. The number of amides is 1. The molecule has 0 spiro atoms. The highest BCUT2D eigenvalue weighted by atomic mass is 32.2. The number of carbonyl (C=O) groups excluding carboxylic acids is 2. The molecule has 29 heavy (non-hydrogen) atoms. The van der Waals surface area contributed by atoms with Crippen LogP contribution in [0, 0.1) is 29.0 Å². The highest BCUT2D eigenvalue weighted by molar-refractivity contribution is 7.89. The van der Waals surface area contributed by atoms with E-state index in [-0.39, 0.29) is 23.3 Å². The van der Waals surface area contributed by atoms with Crippen LogP contribution in [0.25, 0.3) is 0 Å². The summed E-state index contributed by atoms with van der Waals surface area (Å²) >= 11 is 0. The fraction of sp³-hybridized carbons (Fsp3) is 0.619. The van der Waals surface area contributed by atoms with Gasteiger partial charge >= 0.3 is 0 Å². The van der Waals surface area contributed by atoms with E-state index in [2.05, 4.69) is 10.0 Å². The highest BCUT2D eigenvalue weighted by Crippen LogP contribution is 2.59. The van der Waals surface area contributed by atoms with Crippen molar-refractivity contribution in [3.8, 4) is 0 Å². The average molecular weight is 423 g/mol. The van der Waals surface area contributed by atoms with Crippen LogP contribution >= 0.6 is 0 Å². The third-order valence-corrected chi connectivity index (χ3v) is 8.64. The van der Waals surface area contributed by atoms with E-state index in [1.165, 1.54) is 32.0 Å². The van der Waals surface area contributed by atoms with Crippen LogP contribution in [0.4, 0.5) is 4.39 Å². The van der Waals surface area contributed by atoms with Crippen molar-refractivity contribution in [1.82, 2.24) is 10.0 Å². The number of rotatable bonds is 6. The van der Waals surface area contributed by atoms with Crippen molar-refractivity contribution in [1.29, 1.82) is 0 Å². The number of benzene rings is 1. The normalized spacial score (nSPS) is 33.5. The molecule has 2 unspecified atom stereocenters. The second kappa shape index (κ2) is 6.87. The molecule has 0 radical (unpaired) electrons. The Kier molecular flexibility index (Phi) is 4.85. The van der Waals surface area contributed by atoms with Gasteiger partial charge in [0.15, 0.2) is 0 Å². The first-order valence-electron chi connectivity index (χ1n) is 10.1.